The van der Waals surface area contributed by atoms with Crippen LogP contribution in [0, 0.1) is 30.3 Å². The van der Waals surface area contributed by atoms with Gasteiger partial charge in [0, 0.05) is 30.6 Å². The van der Waals surface area contributed by atoms with Gasteiger partial charge >= 0.3 is 0 Å². The second-order valence-electron chi connectivity index (χ2n) is 6.38. The van der Waals surface area contributed by atoms with Crippen molar-refractivity contribution in [3.63, 3.8) is 0 Å². The molecule has 0 saturated heterocycles. The van der Waals surface area contributed by atoms with E-state index in [4.69, 9.17) is 0 Å². The summed E-state index contributed by atoms with van der Waals surface area (Å²) in [5.74, 6) is 0. The SMILES string of the molecule is O=[N+]([O-])c1ccccc1/C=N\C(/N=C/c1ccccc1[N+](=O)[O-])c1ccccc1[N+](=O)[O-]. The summed E-state index contributed by atoms with van der Waals surface area (Å²) in [6, 6.07) is 17.5. The number of benzene rings is 3. The molecule has 0 radical (unpaired) electrons. The summed E-state index contributed by atoms with van der Waals surface area (Å²) in [7, 11) is 0. The minimum absolute atomic E-state index is 0.127. The second kappa shape index (κ2) is 9.80. The summed E-state index contributed by atoms with van der Waals surface area (Å²) in [6.45, 7) is 0. The van der Waals surface area contributed by atoms with Gasteiger partial charge in [-0.1, -0.05) is 36.4 Å². The van der Waals surface area contributed by atoms with Crippen LogP contribution in [0.4, 0.5) is 17.1 Å². The normalized spacial score (nSPS) is 12.1. The van der Waals surface area contributed by atoms with Crippen molar-refractivity contribution < 1.29 is 14.8 Å². The van der Waals surface area contributed by atoms with Crippen LogP contribution in [-0.2, 0) is 0 Å². The highest BCUT2D eigenvalue weighted by Gasteiger charge is 2.21. The maximum absolute atomic E-state index is 11.5. The molecule has 160 valence electrons. The zero-order chi connectivity index (χ0) is 23.1. The molecule has 0 aliphatic heterocycles. The zero-order valence-corrected chi connectivity index (χ0v) is 16.3. The van der Waals surface area contributed by atoms with E-state index in [1.807, 2.05) is 0 Å². The first-order valence-electron chi connectivity index (χ1n) is 9.15. The first-order chi connectivity index (χ1) is 15.4. The minimum atomic E-state index is -1.17. The molecule has 0 fully saturated rings. The number of hydrogen-bond donors (Lipinski definition) is 0. The number of nitrogens with zero attached hydrogens (tertiary/aromatic N) is 5. The van der Waals surface area contributed by atoms with Crippen molar-refractivity contribution in [1.82, 2.24) is 0 Å². The van der Waals surface area contributed by atoms with Crippen LogP contribution in [-0.4, -0.2) is 27.2 Å². The summed E-state index contributed by atoms with van der Waals surface area (Å²) in [5.41, 5.74) is -0.150. The number of rotatable bonds is 8. The molecule has 0 aromatic heterocycles. The molecule has 3 aromatic rings. The van der Waals surface area contributed by atoms with Gasteiger partial charge in [-0.25, -0.2) is 0 Å². The Morgan fingerprint density at radius 1 is 0.594 bits per heavy atom. The van der Waals surface area contributed by atoms with E-state index in [0.717, 1.165) is 0 Å². The van der Waals surface area contributed by atoms with E-state index < -0.39 is 20.9 Å². The Labute approximate surface area is 180 Å². The summed E-state index contributed by atoms with van der Waals surface area (Å²) in [4.78, 5) is 40.7. The fourth-order valence-corrected chi connectivity index (χ4v) is 2.90. The third-order valence-corrected chi connectivity index (χ3v) is 4.39. The second-order valence-corrected chi connectivity index (χ2v) is 6.38. The van der Waals surface area contributed by atoms with Crippen molar-refractivity contribution in [3.8, 4) is 0 Å². The lowest BCUT2D eigenvalue weighted by Gasteiger charge is -2.09. The Bertz CT molecular complexity index is 1170. The van der Waals surface area contributed by atoms with E-state index >= 15 is 0 Å². The van der Waals surface area contributed by atoms with Gasteiger partial charge in [-0.3, -0.25) is 40.3 Å². The molecule has 0 bridgehead atoms. The molecule has 1 unspecified atom stereocenters. The fraction of sp³-hybridized carbons (Fsp3) is 0.0476. The highest BCUT2D eigenvalue weighted by molar-refractivity contribution is 5.87. The summed E-state index contributed by atoms with van der Waals surface area (Å²) >= 11 is 0. The van der Waals surface area contributed by atoms with Crippen LogP contribution in [0.25, 0.3) is 0 Å². The first kappa shape index (κ1) is 21.9. The highest BCUT2D eigenvalue weighted by Crippen LogP contribution is 2.29. The lowest BCUT2D eigenvalue weighted by Crippen LogP contribution is -2.02. The molecule has 11 heteroatoms. The Hall–Kier alpha value is -4.80. The fourth-order valence-electron chi connectivity index (χ4n) is 2.90. The maximum Gasteiger partial charge on any atom is 0.278 e. The van der Waals surface area contributed by atoms with Crippen LogP contribution in [0.15, 0.2) is 82.8 Å². The third kappa shape index (κ3) is 5.02. The lowest BCUT2D eigenvalue weighted by molar-refractivity contribution is -0.385. The standard InChI is InChI=1S/C21H15N5O6/c27-24(28)18-10-4-1-7-15(18)13-22-21(17-9-3-6-12-20(17)26(31)32)23-14-16-8-2-5-11-19(16)25(29)30/h1-14,21H/b22-13-,23-14+. The summed E-state index contributed by atoms with van der Waals surface area (Å²) < 4.78 is 0. The monoisotopic (exact) mass is 433 g/mol. The molecule has 32 heavy (non-hydrogen) atoms. The van der Waals surface area contributed by atoms with Gasteiger partial charge in [0.25, 0.3) is 17.1 Å². The molecule has 0 aliphatic carbocycles. The average molecular weight is 433 g/mol. The third-order valence-electron chi connectivity index (χ3n) is 4.39. The van der Waals surface area contributed by atoms with Gasteiger partial charge in [-0.05, 0) is 18.2 Å². The van der Waals surface area contributed by atoms with E-state index in [0.29, 0.717) is 0 Å². The zero-order valence-electron chi connectivity index (χ0n) is 16.3. The average Bonchev–Trinajstić information content (AvgIpc) is 2.79. The predicted molar refractivity (Wildman–Crippen MR) is 117 cm³/mol. The summed E-state index contributed by atoms with van der Waals surface area (Å²) in [5, 5.41) is 34.0. The van der Waals surface area contributed by atoms with Crippen molar-refractivity contribution in [2.75, 3.05) is 0 Å². The highest BCUT2D eigenvalue weighted by atomic mass is 16.6. The molecule has 0 heterocycles. The molecule has 0 spiro atoms. The first-order valence-corrected chi connectivity index (χ1v) is 9.15. The van der Waals surface area contributed by atoms with Gasteiger partial charge < -0.3 is 0 Å². The molecular formula is C21H15N5O6. The van der Waals surface area contributed by atoms with Crippen molar-refractivity contribution in [3.05, 3.63) is 120 Å². The quantitative estimate of drug-likeness (QED) is 0.286. The Kier molecular flexibility index (Phi) is 6.71. The van der Waals surface area contributed by atoms with Gasteiger partial charge in [0.1, 0.15) is 0 Å². The predicted octanol–water partition coefficient (Wildman–Crippen LogP) is 4.65. The number of aliphatic imine (C=N–C) groups is 2. The number of hydrogen-bond acceptors (Lipinski definition) is 8. The van der Waals surface area contributed by atoms with Crippen molar-refractivity contribution in [2.45, 2.75) is 6.17 Å². The van der Waals surface area contributed by atoms with Crippen LogP contribution in [0.2, 0.25) is 0 Å². The van der Waals surface area contributed by atoms with Gasteiger partial charge in [-0.2, -0.15) is 0 Å². The van der Waals surface area contributed by atoms with E-state index in [1.54, 1.807) is 18.2 Å². The van der Waals surface area contributed by atoms with Crippen LogP contribution >= 0.6 is 0 Å². The molecule has 3 aromatic carbocycles. The lowest BCUT2D eigenvalue weighted by atomic mass is 10.1. The molecule has 11 nitrogen and oxygen atoms in total. The van der Waals surface area contributed by atoms with Crippen LogP contribution in [0.3, 0.4) is 0 Å². The number of para-hydroxylation sites is 3. The van der Waals surface area contributed by atoms with Gasteiger partial charge in [0.2, 0.25) is 0 Å². The van der Waals surface area contributed by atoms with Crippen molar-refractivity contribution in [1.29, 1.82) is 0 Å². The van der Waals surface area contributed by atoms with Crippen LogP contribution < -0.4 is 0 Å². The maximum atomic E-state index is 11.5. The number of nitro groups is 3. The molecule has 1 atom stereocenters. The van der Waals surface area contributed by atoms with Gasteiger partial charge in [0.05, 0.1) is 31.5 Å². The Morgan fingerprint density at radius 2 is 0.969 bits per heavy atom. The van der Waals surface area contributed by atoms with Crippen molar-refractivity contribution >= 4 is 29.5 Å². The topological polar surface area (TPSA) is 154 Å². The van der Waals surface area contributed by atoms with Gasteiger partial charge in [-0.15, -0.1) is 0 Å². The van der Waals surface area contributed by atoms with E-state index in [2.05, 4.69) is 9.98 Å². The van der Waals surface area contributed by atoms with Crippen LogP contribution in [0.1, 0.15) is 22.9 Å². The minimum Gasteiger partial charge on any atom is -0.261 e. The largest absolute Gasteiger partial charge is 0.278 e. The van der Waals surface area contributed by atoms with Crippen LogP contribution in [0.5, 0.6) is 0 Å². The molecular weight excluding hydrogens is 418 g/mol. The smallest absolute Gasteiger partial charge is 0.261 e. The van der Waals surface area contributed by atoms with Gasteiger partial charge in [0.15, 0.2) is 6.17 Å². The summed E-state index contributed by atoms with van der Waals surface area (Å²) in [6.07, 6.45) is 1.24. The Morgan fingerprint density at radius 3 is 1.41 bits per heavy atom. The van der Waals surface area contributed by atoms with Crippen molar-refractivity contribution in [2.24, 2.45) is 9.98 Å². The molecule has 0 amide bonds. The van der Waals surface area contributed by atoms with E-state index in [9.17, 15) is 30.3 Å². The Balaban J connectivity index is 2.09. The van der Waals surface area contributed by atoms with E-state index in [1.165, 1.54) is 67.0 Å². The molecule has 3 rings (SSSR count). The molecule has 0 aliphatic rings. The van der Waals surface area contributed by atoms with E-state index in [-0.39, 0.29) is 33.8 Å². The number of nitro benzene ring substituents is 3. The molecule has 0 N–H and O–H groups in total. The molecule has 0 saturated carbocycles.